The molecule has 3 rings (SSSR count). The first-order chi connectivity index (χ1) is 11.5. The van der Waals surface area contributed by atoms with Gasteiger partial charge >= 0.3 is 6.61 Å². The molecule has 0 saturated carbocycles. The van der Waals surface area contributed by atoms with E-state index < -0.39 is 6.61 Å². The molecule has 0 spiro atoms. The summed E-state index contributed by atoms with van der Waals surface area (Å²) in [5.41, 5.74) is 3.12. The van der Waals surface area contributed by atoms with Crippen molar-refractivity contribution < 1.29 is 22.7 Å². The van der Waals surface area contributed by atoms with Gasteiger partial charge in [0.1, 0.15) is 11.3 Å². The van der Waals surface area contributed by atoms with Gasteiger partial charge in [-0.1, -0.05) is 11.6 Å². The first kappa shape index (κ1) is 16.0. The van der Waals surface area contributed by atoms with Gasteiger partial charge in [0.25, 0.3) is 0 Å². The van der Waals surface area contributed by atoms with E-state index in [-0.39, 0.29) is 18.1 Å². The molecule has 0 fully saturated rings. The second-order valence-electron chi connectivity index (χ2n) is 5.39. The SMILES string of the molecule is Cc1ccc2occ(CC(=O)Nc3ccc(OC(F)F)cc3)c2c1. The maximum atomic E-state index is 12.2. The lowest BCUT2D eigenvalue weighted by Gasteiger charge is -2.07. The van der Waals surface area contributed by atoms with Crippen LogP contribution in [0.15, 0.2) is 53.1 Å². The number of carbonyl (C=O) groups excluding carboxylic acids is 1. The van der Waals surface area contributed by atoms with Gasteiger partial charge < -0.3 is 14.5 Å². The molecule has 4 nitrogen and oxygen atoms in total. The number of halogens is 2. The van der Waals surface area contributed by atoms with Crippen molar-refractivity contribution in [3.8, 4) is 5.75 Å². The lowest BCUT2D eigenvalue weighted by atomic mass is 10.1. The molecule has 1 heterocycles. The van der Waals surface area contributed by atoms with Gasteiger partial charge in [-0.15, -0.1) is 0 Å². The molecule has 1 aromatic heterocycles. The predicted octanol–water partition coefficient (Wildman–Crippen LogP) is 4.52. The zero-order valence-corrected chi connectivity index (χ0v) is 12.9. The molecule has 0 saturated heterocycles. The quantitative estimate of drug-likeness (QED) is 0.747. The average molecular weight is 331 g/mol. The van der Waals surface area contributed by atoms with E-state index >= 15 is 0 Å². The molecule has 1 N–H and O–H groups in total. The van der Waals surface area contributed by atoms with E-state index in [4.69, 9.17) is 4.42 Å². The van der Waals surface area contributed by atoms with E-state index in [1.54, 1.807) is 6.26 Å². The molecule has 0 aliphatic heterocycles. The van der Waals surface area contributed by atoms with Crippen molar-refractivity contribution in [3.05, 3.63) is 59.9 Å². The Balaban J connectivity index is 1.67. The largest absolute Gasteiger partial charge is 0.464 e. The summed E-state index contributed by atoms with van der Waals surface area (Å²) >= 11 is 0. The molecule has 0 atom stereocenters. The van der Waals surface area contributed by atoms with Gasteiger partial charge in [0.15, 0.2) is 0 Å². The highest BCUT2D eigenvalue weighted by atomic mass is 19.3. The zero-order valence-electron chi connectivity index (χ0n) is 12.9. The van der Waals surface area contributed by atoms with Crippen LogP contribution < -0.4 is 10.1 Å². The molecule has 0 aliphatic rings. The third kappa shape index (κ3) is 3.71. The van der Waals surface area contributed by atoms with Gasteiger partial charge in [0.05, 0.1) is 12.7 Å². The van der Waals surface area contributed by atoms with Crippen LogP contribution in [0.2, 0.25) is 0 Å². The Labute approximate surface area is 137 Å². The number of benzene rings is 2. The van der Waals surface area contributed by atoms with Gasteiger partial charge in [-0.25, -0.2) is 0 Å². The predicted molar refractivity (Wildman–Crippen MR) is 86.4 cm³/mol. The van der Waals surface area contributed by atoms with Crippen LogP contribution in [0.3, 0.4) is 0 Å². The molecule has 0 aliphatic carbocycles. The minimum Gasteiger partial charge on any atom is -0.464 e. The smallest absolute Gasteiger partial charge is 0.387 e. The van der Waals surface area contributed by atoms with Crippen LogP contribution in [0.5, 0.6) is 5.75 Å². The van der Waals surface area contributed by atoms with E-state index in [2.05, 4.69) is 10.1 Å². The Kier molecular flexibility index (Phi) is 4.46. The molecule has 1 amide bonds. The molecular weight excluding hydrogens is 316 g/mol. The standard InChI is InChI=1S/C18H15F2NO3/c1-11-2-7-16-15(8-11)12(10-23-16)9-17(22)21-13-3-5-14(6-4-13)24-18(19)20/h2-8,10,18H,9H2,1H3,(H,21,22). The third-order valence-electron chi connectivity index (χ3n) is 3.52. The highest BCUT2D eigenvalue weighted by molar-refractivity contribution is 5.95. The van der Waals surface area contributed by atoms with E-state index in [1.165, 1.54) is 24.3 Å². The minimum absolute atomic E-state index is 0.0410. The van der Waals surface area contributed by atoms with Crippen molar-refractivity contribution in [1.29, 1.82) is 0 Å². The number of amides is 1. The van der Waals surface area contributed by atoms with E-state index in [0.29, 0.717) is 5.69 Å². The molecule has 2 aromatic carbocycles. The lowest BCUT2D eigenvalue weighted by molar-refractivity contribution is -0.115. The van der Waals surface area contributed by atoms with Gasteiger partial charge in [-0.05, 0) is 43.3 Å². The van der Waals surface area contributed by atoms with Gasteiger partial charge in [0, 0.05) is 16.6 Å². The summed E-state index contributed by atoms with van der Waals surface area (Å²) < 4.78 is 33.9. The van der Waals surface area contributed by atoms with Crippen LogP contribution in [0, 0.1) is 6.92 Å². The highest BCUT2D eigenvalue weighted by Crippen LogP contribution is 2.23. The fraction of sp³-hybridized carbons (Fsp3) is 0.167. The Morgan fingerprint density at radius 1 is 1.21 bits per heavy atom. The number of hydrogen-bond acceptors (Lipinski definition) is 3. The maximum absolute atomic E-state index is 12.2. The number of furan rings is 1. The van der Waals surface area contributed by atoms with Gasteiger partial charge in [-0.3, -0.25) is 4.79 Å². The van der Waals surface area contributed by atoms with Crippen molar-refractivity contribution in [1.82, 2.24) is 0 Å². The molecule has 0 unspecified atom stereocenters. The number of alkyl halides is 2. The van der Waals surface area contributed by atoms with Crippen LogP contribution in [-0.2, 0) is 11.2 Å². The topological polar surface area (TPSA) is 51.5 Å². The number of anilines is 1. The first-order valence-electron chi connectivity index (χ1n) is 7.33. The molecule has 0 bridgehead atoms. The second-order valence-corrected chi connectivity index (χ2v) is 5.39. The van der Waals surface area contributed by atoms with E-state index in [1.807, 2.05) is 25.1 Å². The Hall–Kier alpha value is -2.89. The van der Waals surface area contributed by atoms with Crippen LogP contribution >= 0.6 is 0 Å². The van der Waals surface area contributed by atoms with Crippen LogP contribution in [0.25, 0.3) is 11.0 Å². The summed E-state index contributed by atoms with van der Waals surface area (Å²) in [6, 6.07) is 11.5. The van der Waals surface area contributed by atoms with Crippen LogP contribution in [0.4, 0.5) is 14.5 Å². The minimum atomic E-state index is -2.87. The number of nitrogens with one attached hydrogen (secondary N) is 1. The normalized spacial score (nSPS) is 11.0. The number of carbonyl (C=O) groups is 1. The molecule has 24 heavy (non-hydrogen) atoms. The summed E-state index contributed by atoms with van der Waals surface area (Å²) in [7, 11) is 0. The van der Waals surface area contributed by atoms with E-state index in [0.717, 1.165) is 22.1 Å². The Bertz CT molecular complexity index is 856. The Morgan fingerprint density at radius 3 is 2.67 bits per heavy atom. The Morgan fingerprint density at radius 2 is 1.96 bits per heavy atom. The molecule has 124 valence electrons. The maximum Gasteiger partial charge on any atom is 0.387 e. The molecule has 0 radical (unpaired) electrons. The van der Waals surface area contributed by atoms with Gasteiger partial charge in [0.2, 0.25) is 5.91 Å². The monoisotopic (exact) mass is 331 g/mol. The summed E-state index contributed by atoms with van der Waals surface area (Å²) in [6.45, 7) is -0.900. The van der Waals surface area contributed by atoms with Crippen molar-refractivity contribution in [3.63, 3.8) is 0 Å². The van der Waals surface area contributed by atoms with Crippen LogP contribution in [-0.4, -0.2) is 12.5 Å². The summed E-state index contributed by atoms with van der Waals surface area (Å²) in [4.78, 5) is 12.2. The summed E-state index contributed by atoms with van der Waals surface area (Å²) in [6.07, 6.45) is 1.73. The van der Waals surface area contributed by atoms with Crippen molar-refractivity contribution in [2.45, 2.75) is 20.0 Å². The molecular formula is C18H15F2NO3. The fourth-order valence-electron chi connectivity index (χ4n) is 2.43. The third-order valence-corrected chi connectivity index (χ3v) is 3.52. The molecule has 6 heteroatoms. The van der Waals surface area contributed by atoms with Crippen molar-refractivity contribution in [2.24, 2.45) is 0 Å². The fourth-order valence-corrected chi connectivity index (χ4v) is 2.43. The van der Waals surface area contributed by atoms with Crippen molar-refractivity contribution >= 4 is 22.6 Å². The van der Waals surface area contributed by atoms with Gasteiger partial charge in [-0.2, -0.15) is 8.78 Å². The average Bonchev–Trinajstić information content (AvgIpc) is 2.91. The zero-order chi connectivity index (χ0) is 17.1. The first-order valence-corrected chi connectivity index (χ1v) is 7.33. The van der Waals surface area contributed by atoms with Crippen LogP contribution in [0.1, 0.15) is 11.1 Å². The lowest BCUT2D eigenvalue weighted by Crippen LogP contribution is -2.14. The van der Waals surface area contributed by atoms with Crippen molar-refractivity contribution in [2.75, 3.05) is 5.32 Å². The number of rotatable bonds is 5. The number of aryl methyl sites for hydroxylation is 1. The summed E-state index contributed by atoms with van der Waals surface area (Å²) in [5, 5.41) is 3.62. The summed E-state index contributed by atoms with van der Waals surface area (Å²) in [5.74, 6) is -0.180. The highest BCUT2D eigenvalue weighted by Gasteiger charge is 2.11. The second kappa shape index (κ2) is 6.70. The molecule has 3 aromatic rings. The number of hydrogen-bond donors (Lipinski definition) is 1. The number of fused-ring (bicyclic) bond motifs is 1. The number of ether oxygens (including phenoxy) is 1. The van der Waals surface area contributed by atoms with E-state index in [9.17, 15) is 13.6 Å².